The van der Waals surface area contributed by atoms with Crippen LogP contribution in [-0.4, -0.2) is 17.3 Å². The van der Waals surface area contributed by atoms with Crippen LogP contribution in [0.25, 0.3) is 0 Å². The van der Waals surface area contributed by atoms with Crippen molar-refractivity contribution in [3.05, 3.63) is 10.1 Å². The second-order valence-electron chi connectivity index (χ2n) is 3.77. The molecule has 1 aliphatic carbocycles. The number of aldehydes is 1. The molecule has 13 heavy (non-hydrogen) atoms. The summed E-state index contributed by atoms with van der Waals surface area (Å²) in [4.78, 5) is 21.0. The summed E-state index contributed by atoms with van der Waals surface area (Å²) >= 11 is 0. The summed E-state index contributed by atoms with van der Waals surface area (Å²) in [5.74, 6) is -0.129. The molecular formula is C9H15NO3. The van der Waals surface area contributed by atoms with Crippen LogP contribution in [0.1, 0.15) is 32.6 Å². The molecule has 0 aromatic carbocycles. The predicted octanol–water partition coefficient (Wildman–Crippen LogP) is 1.66. The highest BCUT2D eigenvalue weighted by atomic mass is 16.6. The van der Waals surface area contributed by atoms with Gasteiger partial charge in [-0.25, -0.2) is 0 Å². The molecule has 4 heteroatoms. The number of rotatable bonds is 3. The van der Waals surface area contributed by atoms with Crippen LogP contribution < -0.4 is 0 Å². The van der Waals surface area contributed by atoms with Crippen LogP contribution in [0, 0.1) is 22.0 Å². The molecule has 1 saturated carbocycles. The van der Waals surface area contributed by atoms with Gasteiger partial charge in [-0.1, -0.05) is 12.8 Å². The van der Waals surface area contributed by atoms with E-state index in [9.17, 15) is 14.9 Å². The molecule has 0 N–H and O–H groups in total. The van der Waals surface area contributed by atoms with Gasteiger partial charge in [0.2, 0.25) is 6.04 Å². The molecule has 1 fully saturated rings. The maximum Gasteiger partial charge on any atom is 0.213 e. The lowest BCUT2D eigenvalue weighted by Gasteiger charge is -2.27. The maximum absolute atomic E-state index is 10.7. The quantitative estimate of drug-likeness (QED) is 0.381. The van der Waals surface area contributed by atoms with Crippen molar-refractivity contribution < 1.29 is 9.72 Å². The van der Waals surface area contributed by atoms with Crippen molar-refractivity contribution in [1.82, 2.24) is 0 Å². The number of hydrogen-bond donors (Lipinski definition) is 0. The van der Waals surface area contributed by atoms with E-state index in [2.05, 4.69) is 0 Å². The highest BCUT2D eigenvalue weighted by Gasteiger charge is 2.35. The van der Waals surface area contributed by atoms with Crippen molar-refractivity contribution >= 4 is 6.29 Å². The lowest BCUT2D eigenvalue weighted by atomic mass is 9.76. The molecule has 3 atom stereocenters. The molecule has 0 bridgehead atoms. The number of nitro groups is 1. The Kier molecular flexibility index (Phi) is 3.39. The molecule has 0 heterocycles. The first-order chi connectivity index (χ1) is 6.16. The number of carbonyl (C=O) groups excluding carboxylic acids is 1. The van der Waals surface area contributed by atoms with E-state index < -0.39 is 6.04 Å². The molecule has 0 amide bonds. The van der Waals surface area contributed by atoms with Crippen LogP contribution in [0.5, 0.6) is 0 Å². The average molecular weight is 185 g/mol. The molecule has 0 spiro atoms. The molecule has 0 aromatic rings. The summed E-state index contributed by atoms with van der Waals surface area (Å²) in [6.45, 7) is 1.60. The molecule has 1 unspecified atom stereocenters. The highest BCUT2D eigenvalue weighted by molar-refractivity contribution is 5.54. The van der Waals surface area contributed by atoms with Gasteiger partial charge in [0.15, 0.2) is 0 Å². The van der Waals surface area contributed by atoms with E-state index in [0.29, 0.717) is 0 Å². The van der Waals surface area contributed by atoms with E-state index >= 15 is 0 Å². The molecule has 0 radical (unpaired) electrons. The number of carbonyl (C=O) groups is 1. The summed E-state index contributed by atoms with van der Waals surface area (Å²) in [6.07, 6.45) is 4.60. The topological polar surface area (TPSA) is 60.2 Å². The Balaban J connectivity index is 2.63. The van der Waals surface area contributed by atoms with Crippen molar-refractivity contribution in [3.8, 4) is 0 Å². The van der Waals surface area contributed by atoms with Gasteiger partial charge >= 0.3 is 0 Å². The zero-order valence-electron chi connectivity index (χ0n) is 7.81. The second-order valence-corrected chi connectivity index (χ2v) is 3.77. The summed E-state index contributed by atoms with van der Waals surface area (Å²) in [7, 11) is 0. The van der Waals surface area contributed by atoms with Gasteiger partial charge in [-0.15, -0.1) is 0 Å². The Labute approximate surface area is 77.5 Å². The van der Waals surface area contributed by atoms with Crippen LogP contribution in [0.4, 0.5) is 0 Å². The van der Waals surface area contributed by atoms with E-state index in [1.165, 1.54) is 0 Å². The van der Waals surface area contributed by atoms with Crippen LogP contribution >= 0.6 is 0 Å². The standard InChI is InChI=1S/C9H15NO3/c1-7(10(12)13)9-5-3-2-4-8(9)6-11/h6-9H,2-5H2,1H3/t7?,8-,9-/m0/s1. The van der Waals surface area contributed by atoms with Gasteiger partial charge in [0.1, 0.15) is 6.29 Å². The zero-order chi connectivity index (χ0) is 9.84. The van der Waals surface area contributed by atoms with Gasteiger partial charge in [-0.3, -0.25) is 10.1 Å². The molecule has 1 rings (SSSR count). The van der Waals surface area contributed by atoms with Crippen molar-refractivity contribution in [2.75, 3.05) is 0 Å². The minimum Gasteiger partial charge on any atom is -0.303 e. The fraction of sp³-hybridized carbons (Fsp3) is 0.889. The van der Waals surface area contributed by atoms with Crippen LogP contribution in [0.3, 0.4) is 0 Å². The summed E-state index contributed by atoms with van der Waals surface area (Å²) in [5.41, 5.74) is 0. The van der Waals surface area contributed by atoms with Crippen molar-refractivity contribution in [3.63, 3.8) is 0 Å². The molecule has 0 saturated heterocycles. The van der Waals surface area contributed by atoms with E-state index in [0.717, 1.165) is 32.0 Å². The van der Waals surface area contributed by atoms with Crippen LogP contribution in [-0.2, 0) is 4.79 Å². The third-order valence-corrected chi connectivity index (χ3v) is 3.00. The average Bonchev–Trinajstić information content (AvgIpc) is 2.16. The largest absolute Gasteiger partial charge is 0.303 e. The van der Waals surface area contributed by atoms with Gasteiger partial charge < -0.3 is 4.79 Å². The van der Waals surface area contributed by atoms with Gasteiger partial charge in [-0.05, 0) is 12.8 Å². The number of hydrogen-bond acceptors (Lipinski definition) is 3. The minimum absolute atomic E-state index is 0.0405. The molecule has 0 aromatic heterocycles. The summed E-state index contributed by atoms with van der Waals surface area (Å²) < 4.78 is 0. The molecule has 74 valence electrons. The Morgan fingerprint density at radius 1 is 1.46 bits per heavy atom. The van der Waals surface area contributed by atoms with E-state index in [-0.39, 0.29) is 16.8 Å². The predicted molar refractivity (Wildman–Crippen MR) is 48.0 cm³/mol. The second kappa shape index (κ2) is 4.35. The van der Waals surface area contributed by atoms with Crippen molar-refractivity contribution in [2.24, 2.45) is 11.8 Å². The van der Waals surface area contributed by atoms with Gasteiger partial charge in [-0.2, -0.15) is 0 Å². The lowest BCUT2D eigenvalue weighted by molar-refractivity contribution is -0.529. The molecule has 1 aliphatic rings. The van der Waals surface area contributed by atoms with Crippen LogP contribution in [0.2, 0.25) is 0 Å². The van der Waals surface area contributed by atoms with Crippen molar-refractivity contribution in [1.29, 1.82) is 0 Å². The van der Waals surface area contributed by atoms with E-state index in [4.69, 9.17) is 0 Å². The fourth-order valence-corrected chi connectivity index (χ4v) is 2.11. The normalized spacial score (nSPS) is 30.8. The summed E-state index contributed by atoms with van der Waals surface area (Å²) in [5, 5.41) is 10.5. The Bertz CT molecular complexity index is 203. The lowest BCUT2D eigenvalue weighted by Crippen LogP contribution is -2.34. The third-order valence-electron chi connectivity index (χ3n) is 3.00. The zero-order valence-corrected chi connectivity index (χ0v) is 7.81. The summed E-state index contributed by atoms with van der Waals surface area (Å²) in [6, 6.07) is -0.574. The fourth-order valence-electron chi connectivity index (χ4n) is 2.11. The monoisotopic (exact) mass is 185 g/mol. The van der Waals surface area contributed by atoms with E-state index in [1.54, 1.807) is 6.92 Å². The molecule has 4 nitrogen and oxygen atoms in total. The first-order valence-corrected chi connectivity index (χ1v) is 4.75. The van der Waals surface area contributed by atoms with E-state index in [1.807, 2.05) is 0 Å². The van der Waals surface area contributed by atoms with Crippen molar-refractivity contribution in [2.45, 2.75) is 38.6 Å². The third kappa shape index (κ3) is 2.26. The van der Waals surface area contributed by atoms with Gasteiger partial charge in [0, 0.05) is 23.7 Å². The number of nitrogens with zero attached hydrogens (tertiary/aromatic N) is 1. The first-order valence-electron chi connectivity index (χ1n) is 4.75. The Morgan fingerprint density at radius 3 is 2.62 bits per heavy atom. The van der Waals surface area contributed by atoms with Gasteiger partial charge in [0.25, 0.3) is 0 Å². The Hall–Kier alpha value is -0.930. The minimum atomic E-state index is -0.574. The highest BCUT2D eigenvalue weighted by Crippen LogP contribution is 2.31. The van der Waals surface area contributed by atoms with Crippen LogP contribution in [0.15, 0.2) is 0 Å². The first kappa shape index (κ1) is 10.2. The molecular weight excluding hydrogens is 170 g/mol. The van der Waals surface area contributed by atoms with Gasteiger partial charge in [0.05, 0.1) is 0 Å². The smallest absolute Gasteiger partial charge is 0.213 e. The molecule has 0 aliphatic heterocycles. The Morgan fingerprint density at radius 2 is 2.08 bits per heavy atom. The SMILES string of the molecule is CC([C@@H]1CCCC[C@H]1C=O)[N+](=O)[O-]. The maximum atomic E-state index is 10.7.